The summed E-state index contributed by atoms with van der Waals surface area (Å²) in [7, 11) is 0. The zero-order chi connectivity index (χ0) is 14.6. The molecule has 0 aliphatic heterocycles. The van der Waals surface area contributed by atoms with E-state index in [0.717, 1.165) is 38.5 Å². The first kappa shape index (κ1) is 15.1. The zero-order valence-corrected chi connectivity index (χ0v) is 12.3. The van der Waals surface area contributed by atoms with Crippen LogP contribution in [0.25, 0.3) is 0 Å². The van der Waals surface area contributed by atoms with Crippen LogP contribution in [0.5, 0.6) is 0 Å². The molecule has 0 aromatic carbocycles. The van der Waals surface area contributed by atoms with Crippen molar-refractivity contribution >= 4 is 12.0 Å². The van der Waals surface area contributed by atoms with Crippen molar-refractivity contribution in [2.45, 2.75) is 76.3 Å². The van der Waals surface area contributed by atoms with Crippen molar-refractivity contribution in [2.75, 3.05) is 0 Å². The molecule has 5 heteroatoms. The number of hydrogen-bond donors (Lipinski definition) is 3. The van der Waals surface area contributed by atoms with Crippen LogP contribution < -0.4 is 10.6 Å². The van der Waals surface area contributed by atoms with Crippen LogP contribution in [-0.2, 0) is 4.79 Å². The van der Waals surface area contributed by atoms with Gasteiger partial charge in [-0.1, -0.05) is 39.0 Å². The SMILES string of the molecule is CCC1CCCC(NC(=O)NC2(C(=O)O)CCCC2)C1. The molecule has 2 atom stereocenters. The average molecular weight is 282 g/mol. The lowest BCUT2D eigenvalue weighted by atomic mass is 9.84. The lowest BCUT2D eigenvalue weighted by Crippen LogP contribution is -2.57. The first-order chi connectivity index (χ1) is 9.55. The van der Waals surface area contributed by atoms with E-state index in [4.69, 9.17) is 0 Å². The van der Waals surface area contributed by atoms with Gasteiger partial charge in [0, 0.05) is 6.04 Å². The molecule has 0 saturated heterocycles. The van der Waals surface area contributed by atoms with Crippen LogP contribution in [0.15, 0.2) is 0 Å². The fourth-order valence-corrected chi connectivity index (χ4v) is 3.60. The van der Waals surface area contributed by atoms with Gasteiger partial charge >= 0.3 is 12.0 Å². The van der Waals surface area contributed by atoms with Crippen molar-refractivity contribution < 1.29 is 14.7 Å². The molecule has 0 aromatic rings. The van der Waals surface area contributed by atoms with E-state index in [1.165, 1.54) is 6.42 Å². The van der Waals surface area contributed by atoms with Gasteiger partial charge in [-0.2, -0.15) is 0 Å². The van der Waals surface area contributed by atoms with Crippen LogP contribution in [0.1, 0.15) is 64.7 Å². The van der Waals surface area contributed by atoms with Crippen molar-refractivity contribution in [2.24, 2.45) is 5.92 Å². The predicted molar refractivity (Wildman–Crippen MR) is 76.5 cm³/mol. The Morgan fingerprint density at radius 3 is 2.50 bits per heavy atom. The Morgan fingerprint density at radius 1 is 1.20 bits per heavy atom. The smallest absolute Gasteiger partial charge is 0.329 e. The van der Waals surface area contributed by atoms with Gasteiger partial charge in [0.1, 0.15) is 5.54 Å². The molecule has 0 bridgehead atoms. The van der Waals surface area contributed by atoms with E-state index in [-0.39, 0.29) is 12.1 Å². The van der Waals surface area contributed by atoms with Gasteiger partial charge in [-0.15, -0.1) is 0 Å². The molecule has 2 fully saturated rings. The highest BCUT2D eigenvalue weighted by Crippen LogP contribution is 2.30. The van der Waals surface area contributed by atoms with Gasteiger partial charge < -0.3 is 15.7 Å². The normalized spacial score (nSPS) is 28.9. The predicted octanol–water partition coefficient (Wildman–Crippen LogP) is 2.65. The average Bonchev–Trinajstić information content (AvgIpc) is 2.88. The van der Waals surface area contributed by atoms with E-state index >= 15 is 0 Å². The zero-order valence-electron chi connectivity index (χ0n) is 12.3. The van der Waals surface area contributed by atoms with Crippen molar-refractivity contribution in [1.29, 1.82) is 0 Å². The number of hydrogen-bond acceptors (Lipinski definition) is 2. The third-order valence-corrected chi connectivity index (χ3v) is 4.91. The highest BCUT2D eigenvalue weighted by Gasteiger charge is 2.42. The maximum absolute atomic E-state index is 12.1. The molecule has 0 spiro atoms. The minimum atomic E-state index is -1.04. The minimum Gasteiger partial charge on any atom is -0.480 e. The summed E-state index contributed by atoms with van der Waals surface area (Å²) in [6.45, 7) is 2.19. The van der Waals surface area contributed by atoms with Crippen LogP contribution >= 0.6 is 0 Å². The number of carboxylic acids is 1. The number of carbonyl (C=O) groups is 2. The van der Waals surface area contributed by atoms with Gasteiger partial charge in [0.15, 0.2) is 0 Å². The lowest BCUT2D eigenvalue weighted by molar-refractivity contribution is -0.144. The summed E-state index contributed by atoms with van der Waals surface area (Å²) in [6.07, 6.45) is 8.38. The van der Waals surface area contributed by atoms with Gasteiger partial charge in [-0.25, -0.2) is 9.59 Å². The summed E-state index contributed by atoms with van der Waals surface area (Å²) >= 11 is 0. The Balaban J connectivity index is 1.87. The summed E-state index contributed by atoms with van der Waals surface area (Å²) in [5.41, 5.74) is -1.04. The third kappa shape index (κ3) is 3.44. The maximum atomic E-state index is 12.1. The molecule has 20 heavy (non-hydrogen) atoms. The fourth-order valence-electron chi connectivity index (χ4n) is 3.60. The summed E-state index contributed by atoms with van der Waals surface area (Å²) in [5, 5.41) is 15.1. The topological polar surface area (TPSA) is 78.4 Å². The van der Waals surface area contributed by atoms with Crippen molar-refractivity contribution in [3.8, 4) is 0 Å². The largest absolute Gasteiger partial charge is 0.480 e. The van der Waals surface area contributed by atoms with E-state index < -0.39 is 11.5 Å². The summed E-state index contributed by atoms with van der Waals surface area (Å²) in [5.74, 6) is -0.214. The fraction of sp³-hybridized carbons (Fsp3) is 0.867. The number of amides is 2. The second-order valence-corrected chi connectivity index (χ2v) is 6.33. The Hall–Kier alpha value is -1.26. The Morgan fingerprint density at radius 2 is 1.90 bits per heavy atom. The molecule has 2 saturated carbocycles. The Labute approximate surface area is 120 Å². The monoisotopic (exact) mass is 282 g/mol. The molecule has 2 amide bonds. The molecular weight excluding hydrogens is 256 g/mol. The Bertz CT molecular complexity index is 364. The third-order valence-electron chi connectivity index (χ3n) is 4.91. The number of urea groups is 1. The summed E-state index contributed by atoms with van der Waals surface area (Å²) < 4.78 is 0. The molecule has 5 nitrogen and oxygen atoms in total. The first-order valence-electron chi connectivity index (χ1n) is 7.88. The quantitative estimate of drug-likeness (QED) is 0.741. The second kappa shape index (κ2) is 6.46. The number of carbonyl (C=O) groups excluding carboxylic acids is 1. The number of rotatable bonds is 4. The highest BCUT2D eigenvalue weighted by atomic mass is 16.4. The van der Waals surface area contributed by atoms with E-state index in [1.54, 1.807) is 0 Å². The van der Waals surface area contributed by atoms with Crippen molar-refractivity contribution in [1.82, 2.24) is 10.6 Å². The number of carboxylic acid groups (broad SMARTS) is 1. The van der Waals surface area contributed by atoms with Crippen LogP contribution in [-0.4, -0.2) is 28.7 Å². The minimum absolute atomic E-state index is 0.195. The van der Waals surface area contributed by atoms with Crippen molar-refractivity contribution in [3.05, 3.63) is 0 Å². The van der Waals surface area contributed by atoms with Gasteiger partial charge in [-0.3, -0.25) is 0 Å². The lowest BCUT2D eigenvalue weighted by Gasteiger charge is -2.31. The molecule has 114 valence electrons. The van der Waals surface area contributed by atoms with Gasteiger partial charge in [-0.05, 0) is 31.6 Å². The molecule has 0 aromatic heterocycles. The van der Waals surface area contributed by atoms with Crippen LogP contribution in [0.3, 0.4) is 0 Å². The first-order valence-corrected chi connectivity index (χ1v) is 7.88. The van der Waals surface area contributed by atoms with E-state index in [0.29, 0.717) is 18.8 Å². The van der Waals surface area contributed by atoms with Gasteiger partial charge in [0.05, 0.1) is 0 Å². The van der Waals surface area contributed by atoms with Gasteiger partial charge in [0.2, 0.25) is 0 Å². The van der Waals surface area contributed by atoms with E-state index in [9.17, 15) is 14.7 Å². The molecule has 2 rings (SSSR count). The number of aliphatic carboxylic acids is 1. The molecule has 0 heterocycles. The molecule has 2 aliphatic carbocycles. The van der Waals surface area contributed by atoms with Crippen LogP contribution in [0.2, 0.25) is 0 Å². The molecule has 0 radical (unpaired) electrons. The molecular formula is C15H26N2O3. The molecule has 2 aliphatic rings. The summed E-state index contributed by atoms with van der Waals surface area (Å²) in [4.78, 5) is 23.5. The van der Waals surface area contributed by atoms with Crippen LogP contribution in [0, 0.1) is 5.92 Å². The number of nitrogens with one attached hydrogen (secondary N) is 2. The Kier molecular flexibility index (Phi) is 4.89. The highest BCUT2D eigenvalue weighted by molar-refractivity contribution is 5.86. The van der Waals surface area contributed by atoms with Crippen molar-refractivity contribution in [3.63, 3.8) is 0 Å². The standard InChI is InChI=1S/C15H26N2O3/c1-2-11-6-5-7-12(10-11)16-14(20)17-15(13(18)19)8-3-4-9-15/h11-12H,2-10H2,1H3,(H,18,19)(H2,16,17,20). The van der Waals surface area contributed by atoms with Crippen LogP contribution in [0.4, 0.5) is 4.79 Å². The molecule has 2 unspecified atom stereocenters. The molecule has 3 N–H and O–H groups in total. The van der Waals surface area contributed by atoms with E-state index in [2.05, 4.69) is 17.6 Å². The van der Waals surface area contributed by atoms with Gasteiger partial charge in [0.25, 0.3) is 0 Å². The van der Waals surface area contributed by atoms with E-state index in [1.807, 2.05) is 0 Å². The summed E-state index contributed by atoms with van der Waals surface area (Å²) in [6, 6.07) is -0.114. The second-order valence-electron chi connectivity index (χ2n) is 6.33. The maximum Gasteiger partial charge on any atom is 0.329 e.